The Kier molecular flexibility index (Phi) is 63.1. The van der Waals surface area contributed by atoms with Crippen LogP contribution in [0.4, 0.5) is 0 Å². The number of ether oxygens (including phenoxy) is 3. The van der Waals surface area contributed by atoms with E-state index in [2.05, 4.69) is 57.2 Å². The van der Waals surface area contributed by atoms with Crippen molar-refractivity contribution in [2.45, 2.75) is 380 Å². The molecular weight excluding hydrogens is 937 g/mol. The molecule has 1 atom stereocenters. The van der Waals surface area contributed by atoms with Crippen LogP contribution >= 0.6 is 0 Å². The summed E-state index contributed by atoms with van der Waals surface area (Å²) >= 11 is 0. The van der Waals surface area contributed by atoms with Gasteiger partial charge in [0.15, 0.2) is 6.10 Å². The van der Waals surface area contributed by atoms with E-state index in [1.807, 2.05) is 0 Å². The zero-order valence-corrected chi connectivity index (χ0v) is 51.3. The Morgan fingerprint density at radius 3 is 0.763 bits per heavy atom. The molecule has 0 saturated carbocycles. The van der Waals surface area contributed by atoms with E-state index in [-0.39, 0.29) is 31.1 Å². The zero-order valence-electron chi connectivity index (χ0n) is 51.3. The molecule has 0 fully saturated rings. The van der Waals surface area contributed by atoms with Gasteiger partial charge >= 0.3 is 17.9 Å². The minimum Gasteiger partial charge on any atom is -0.462 e. The molecule has 0 aromatic rings. The maximum atomic E-state index is 12.9. The molecule has 76 heavy (non-hydrogen) atoms. The van der Waals surface area contributed by atoms with Crippen molar-refractivity contribution in [2.75, 3.05) is 13.2 Å². The first-order chi connectivity index (χ1) is 37.5. The number of carbonyl (C=O) groups is 3. The molecule has 0 bridgehead atoms. The van der Waals surface area contributed by atoms with E-state index < -0.39 is 6.10 Å². The Balaban J connectivity index is 4.31. The first kappa shape index (κ1) is 73.6. The molecule has 0 saturated heterocycles. The maximum absolute atomic E-state index is 12.9. The van der Waals surface area contributed by atoms with Gasteiger partial charge < -0.3 is 14.2 Å². The standard InChI is InChI=1S/C70H130O6/c1-4-7-10-13-16-19-22-25-28-31-33-34-35-36-38-39-42-45-48-51-54-57-60-63-69(72)75-66-67(65-74-68(71)62-59-56-53-50-47-44-41-30-27-24-21-18-15-12-9-6-3)76-70(73)64-61-58-55-52-49-46-43-40-37-32-29-26-23-20-17-14-11-8-5-2/h17,20,26,29,37,40,67H,4-16,18-19,21-25,27-28,30-36,38-39,41-66H2,1-3H3/b20-17-,29-26-,40-37-. The number of esters is 3. The Bertz CT molecular complexity index is 1270. The van der Waals surface area contributed by atoms with Crippen LogP contribution in [0.5, 0.6) is 0 Å². The van der Waals surface area contributed by atoms with Crippen LogP contribution in [0.1, 0.15) is 374 Å². The van der Waals surface area contributed by atoms with Crippen molar-refractivity contribution in [3.63, 3.8) is 0 Å². The molecule has 0 aromatic carbocycles. The lowest BCUT2D eigenvalue weighted by Gasteiger charge is -2.18. The number of rotatable bonds is 63. The Morgan fingerprint density at radius 2 is 0.474 bits per heavy atom. The molecule has 446 valence electrons. The van der Waals surface area contributed by atoms with Crippen LogP contribution in [0.15, 0.2) is 36.5 Å². The molecule has 0 aliphatic rings. The van der Waals surface area contributed by atoms with Gasteiger partial charge in [-0.05, 0) is 57.8 Å². The first-order valence-corrected chi connectivity index (χ1v) is 34.0. The van der Waals surface area contributed by atoms with E-state index in [0.29, 0.717) is 19.3 Å². The highest BCUT2D eigenvalue weighted by molar-refractivity contribution is 5.71. The van der Waals surface area contributed by atoms with Crippen molar-refractivity contribution >= 4 is 17.9 Å². The highest BCUT2D eigenvalue weighted by Crippen LogP contribution is 2.18. The second-order valence-electron chi connectivity index (χ2n) is 23.1. The number of unbranched alkanes of at least 4 members (excludes halogenated alkanes) is 46. The third-order valence-corrected chi connectivity index (χ3v) is 15.4. The van der Waals surface area contributed by atoms with Crippen LogP contribution in [0, 0.1) is 0 Å². The van der Waals surface area contributed by atoms with Crippen molar-refractivity contribution in [1.82, 2.24) is 0 Å². The predicted molar refractivity (Wildman–Crippen MR) is 330 cm³/mol. The van der Waals surface area contributed by atoms with Gasteiger partial charge in [0.25, 0.3) is 0 Å². The summed E-state index contributed by atoms with van der Waals surface area (Å²) in [7, 11) is 0. The van der Waals surface area contributed by atoms with Gasteiger partial charge in [-0.1, -0.05) is 333 Å². The Hall–Kier alpha value is -2.37. The molecule has 6 heteroatoms. The highest BCUT2D eigenvalue weighted by Gasteiger charge is 2.19. The topological polar surface area (TPSA) is 78.9 Å². The molecule has 0 spiro atoms. The van der Waals surface area contributed by atoms with Gasteiger partial charge in [0, 0.05) is 19.3 Å². The van der Waals surface area contributed by atoms with Crippen molar-refractivity contribution in [2.24, 2.45) is 0 Å². The summed E-state index contributed by atoms with van der Waals surface area (Å²) in [5.74, 6) is -0.855. The maximum Gasteiger partial charge on any atom is 0.306 e. The van der Waals surface area contributed by atoms with Gasteiger partial charge in [-0.25, -0.2) is 0 Å². The van der Waals surface area contributed by atoms with Gasteiger partial charge in [0.05, 0.1) is 0 Å². The molecule has 0 rings (SSSR count). The summed E-state index contributed by atoms with van der Waals surface area (Å²) in [4.78, 5) is 38.4. The Morgan fingerprint density at radius 1 is 0.263 bits per heavy atom. The van der Waals surface area contributed by atoms with Crippen molar-refractivity contribution in [3.8, 4) is 0 Å². The smallest absolute Gasteiger partial charge is 0.306 e. The van der Waals surface area contributed by atoms with Crippen LogP contribution < -0.4 is 0 Å². The van der Waals surface area contributed by atoms with E-state index in [1.54, 1.807) is 0 Å². The summed E-state index contributed by atoms with van der Waals surface area (Å²) in [6.07, 6.45) is 80.1. The average Bonchev–Trinajstić information content (AvgIpc) is 3.42. The molecule has 0 aromatic heterocycles. The van der Waals surface area contributed by atoms with Crippen molar-refractivity contribution < 1.29 is 28.6 Å². The predicted octanol–water partition coefficient (Wildman–Crippen LogP) is 23.2. The fourth-order valence-corrected chi connectivity index (χ4v) is 10.3. The fraction of sp³-hybridized carbons (Fsp3) is 0.871. The minimum absolute atomic E-state index is 0.0719. The average molecular weight is 1070 g/mol. The summed E-state index contributed by atoms with van der Waals surface area (Å²) < 4.78 is 17.0. The number of allylic oxidation sites excluding steroid dienone is 6. The van der Waals surface area contributed by atoms with Crippen LogP contribution in [0.2, 0.25) is 0 Å². The third-order valence-electron chi connectivity index (χ3n) is 15.4. The van der Waals surface area contributed by atoms with E-state index in [1.165, 1.54) is 257 Å². The SMILES string of the molecule is CCCCC/C=C\C/C=C\C/C=C\CCCCCCCCC(=O)OC(COC(=O)CCCCCCCCCCCCCCCCCC)COC(=O)CCCCCCCCCCCCCCCCCCCCCCCCC. The largest absolute Gasteiger partial charge is 0.462 e. The van der Waals surface area contributed by atoms with Crippen LogP contribution in [-0.4, -0.2) is 37.2 Å². The molecule has 0 radical (unpaired) electrons. The Labute approximate surface area is 474 Å². The quantitative estimate of drug-likeness (QED) is 0.0261. The normalized spacial score (nSPS) is 12.2. The second-order valence-corrected chi connectivity index (χ2v) is 23.1. The fourth-order valence-electron chi connectivity index (χ4n) is 10.3. The van der Waals surface area contributed by atoms with Crippen LogP contribution in [0.3, 0.4) is 0 Å². The monoisotopic (exact) mass is 1070 g/mol. The highest BCUT2D eigenvalue weighted by atomic mass is 16.6. The first-order valence-electron chi connectivity index (χ1n) is 34.0. The zero-order chi connectivity index (χ0) is 55.0. The van der Waals surface area contributed by atoms with Gasteiger partial charge in [0.2, 0.25) is 0 Å². The summed E-state index contributed by atoms with van der Waals surface area (Å²) in [5, 5.41) is 0. The lowest BCUT2D eigenvalue weighted by atomic mass is 10.0. The van der Waals surface area contributed by atoms with Crippen molar-refractivity contribution in [1.29, 1.82) is 0 Å². The summed E-state index contributed by atoms with van der Waals surface area (Å²) in [5.41, 5.74) is 0. The van der Waals surface area contributed by atoms with Crippen molar-refractivity contribution in [3.05, 3.63) is 36.5 Å². The lowest BCUT2D eigenvalue weighted by molar-refractivity contribution is -0.167. The molecule has 0 heterocycles. The van der Waals surface area contributed by atoms with Gasteiger partial charge in [-0.15, -0.1) is 0 Å². The molecule has 0 amide bonds. The summed E-state index contributed by atoms with van der Waals surface area (Å²) in [6, 6.07) is 0. The molecule has 1 unspecified atom stereocenters. The lowest BCUT2D eigenvalue weighted by Crippen LogP contribution is -2.30. The van der Waals surface area contributed by atoms with Gasteiger partial charge in [-0.2, -0.15) is 0 Å². The van der Waals surface area contributed by atoms with Gasteiger partial charge in [0.1, 0.15) is 13.2 Å². The molecule has 0 aliphatic carbocycles. The minimum atomic E-state index is -0.777. The van der Waals surface area contributed by atoms with Crippen LogP contribution in [0.25, 0.3) is 0 Å². The van der Waals surface area contributed by atoms with Gasteiger partial charge in [-0.3, -0.25) is 14.4 Å². The van der Waals surface area contributed by atoms with Crippen LogP contribution in [-0.2, 0) is 28.6 Å². The van der Waals surface area contributed by atoms with E-state index in [0.717, 1.165) is 77.0 Å². The van der Waals surface area contributed by atoms with E-state index >= 15 is 0 Å². The molecular formula is C70H130O6. The molecule has 0 aliphatic heterocycles. The molecule has 6 nitrogen and oxygen atoms in total. The van der Waals surface area contributed by atoms with E-state index in [4.69, 9.17) is 14.2 Å². The third kappa shape index (κ3) is 62.5. The number of carbonyl (C=O) groups excluding carboxylic acids is 3. The molecule has 0 N–H and O–H groups in total. The van der Waals surface area contributed by atoms with E-state index in [9.17, 15) is 14.4 Å². The number of hydrogen-bond acceptors (Lipinski definition) is 6. The second kappa shape index (κ2) is 65.2. The number of hydrogen-bond donors (Lipinski definition) is 0. The summed E-state index contributed by atoms with van der Waals surface area (Å²) in [6.45, 7) is 6.68.